The second-order valence-electron chi connectivity index (χ2n) is 2.51. The molecule has 14 heavy (non-hydrogen) atoms. The highest BCUT2D eigenvalue weighted by molar-refractivity contribution is 7.03. The summed E-state index contributed by atoms with van der Waals surface area (Å²) >= 11 is 1.14. The Hall–Kier alpha value is -1.89. The van der Waals surface area contributed by atoms with Gasteiger partial charge in [-0.3, -0.25) is 9.78 Å². The Morgan fingerprint density at radius 3 is 2.86 bits per heavy atom. The first-order valence-electron chi connectivity index (χ1n) is 3.63. The summed E-state index contributed by atoms with van der Waals surface area (Å²) in [6.07, 6.45) is 1.42. The monoisotopic (exact) mass is 211 g/mol. The molecule has 0 fully saturated rings. The minimum Gasteiger partial charge on any atom is -0.494 e. The molecule has 2 aromatic heterocycles. The van der Waals surface area contributed by atoms with Crippen LogP contribution in [0.2, 0.25) is 0 Å². The Morgan fingerprint density at radius 1 is 1.50 bits per heavy atom. The molecule has 0 spiro atoms. The average molecular weight is 211 g/mol. The number of nitrogens with one attached hydrogen (secondary N) is 1. The molecule has 0 aromatic carbocycles. The van der Waals surface area contributed by atoms with Crippen LogP contribution in [0.5, 0.6) is 5.88 Å². The lowest BCUT2D eigenvalue weighted by molar-refractivity contribution is 0.431. The summed E-state index contributed by atoms with van der Waals surface area (Å²) in [5.41, 5.74) is -0.893. The van der Waals surface area contributed by atoms with E-state index in [1.165, 1.54) is 6.20 Å². The quantitative estimate of drug-likeness (QED) is 0.677. The van der Waals surface area contributed by atoms with Crippen molar-refractivity contribution in [3.8, 4) is 11.6 Å². The molecule has 2 N–H and O–H groups in total. The molecule has 2 aromatic rings. The second kappa shape index (κ2) is 3.11. The Balaban J connectivity index is 2.77. The van der Waals surface area contributed by atoms with Crippen LogP contribution in [-0.4, -0.2) is 19.0 Å². The highest BCUT2D eigenvalue weighted by Crippen LogP contribution is 2.11. The summed E-state index contributed by atoms with van der Waals surface area (Å²) in [4.78, 5) is 24.1. The molecule has 7 heteroatoms. The number of aromatic hydroxyl groups is 1. The van der Waals surface area contributed by atoms with Gasteiger partial charge in [0.05, 0.1) is 18.0 Å². The number of aromatic amines is 1. The van der Waals surface area contributed by atoms with E-state index in [-0.39, 0.29) is 0 Å². The van der Waals surface area contributed by atoms with Gasteiger partial charge in [-0.15, -0.1) is 0 Å². The van der Waals surface area contributed by atoms with Crippen LogP contribution >= 0.6 is 11.5 Å². The largest absolute Gasteiger partial charge is 0.494 e. The summed E-state index contributed by atoms with van der Waals surface area (Å²) < 4.78 is 4.75. The molecule has 0 atom stereocenters. The lowest BCUT2D eigenvalue weighted by atomic mass is 10.5. The van der Waals surface area contributed by atoms with E-state index in [0.717, 1.165) is 22.2 Å². The zero-order valence-electron chi connectivity index (χ0n) is 6.80. The topological polar surface area (TPSA) is 88.0 Å². The zero-order valence-corrected chi connectivity index (χ0v) is 7.61. The van der Waals surface area contributed by atoms with Gasteiger partial charge in [-0.05, 0) is 11.5 Å². The van der Waals surface area contributed by atoms with Crippen molar-refractivity contribution in [2.75, 3.05) is 0 Å². The van der Waals surface area contributed by atoms with Crippen LogP contribution < -0.4 is 11.2 Å². The highest BCUT2D eigenvalue weighted by Gasteiger charge is 2.07. The van der Waals surface area contributed by atoms with Crippen LogP contribution in [0.1, 0.15) is 0 Å². The molecule has 0 saturated carbocycles. The van der Waals surface area contributed by atoms with Gasteiger partial charge in [-0.1, -0.05) is 0 Å². The maximum atomic E-state index is 11.3. The molecule has 0 saturated heterocycles. The SMILES string of the molecule is O=c1cc(O)n(-c2cnsc2)c(=O)[nH]1. The number of hydrogen-bond acceptors (Lipinski definition) is 5. The van der Waals surface area contributed by atoms with E-state index in [4.69, 9.17) is 0 Å². The smallest absolute Gasteiger partial charge is 0.335 e. The molecule has 0 aliphatic heterocycles. The van der Waals surface area contributed by atoms with Crippen molar-refractivity contribution >= 4 is 11.5 Å². The van der Waals surface area contributed by atoms with Crippen molar-refractivity contribution in [2.24, 2.45) is 0 Å². The van der Waals surface area contributed by atoms with Crippen LogP contribution in [0, 0.1) is 0 Å². The normalized spacial score (nSPS) is 10.3. The number of hydrogen-bond donors (Lipinski definition) is 2. The van der Waals surface area contributed by atoms with Crippen LogP contribution in [0.15, 0.2) is 27.2 Å². The first-order chi connectivity index (χ1) is 6.68. The molecule has 0 radical (unpaired) electrons. The van der Waals surface area contributed by atoms with Gasteiger partial charge in [0.15, 0.2) is 0 Å². The third-order valence-corrected chi connectivity index (χ3v) is 2.17. The summed E-state index contributed by atoms with van der Waals surface area (Å²) in [5.74, 6) is -0.404. The molecule has 72 valence electrons. The fraction of sp³-hybridized carbons (Fsp3) is 0. The third-order valence-electron chi connectivity index (χ3n) is 1.60. The predicted molar refractivity (Wildman–Crippen MR) is 50.0 cm³/mol. The van der Waals surface area contributed by atoms with E-state index in [9.17, 15) is 14.7 Å². The lowest BCUT2D eigenvalue weighted by Gasteiger charge is -2.02. The van der Waals surface area contributed by atoms with Gasteiger partial charge in [-0.2, -0.15) is 4.37 Å². The zero-order chi connectivity index (χ0) is 10.1. The van der Waals surface area contributed by atoms with E-state index in [0.29, 0.717) is 5.69 Å². The Bertz CT molecular complexity index is 554. The number of H-pyrrole nitrogens is 1. The number of rotatable bonds is 1. The highest BCUT2D eigenvalue weighted by atomic mass is 32.1. The standard InChI is InChI=1S/C7H5N3O3S/c11-5-1-6(12)10(7(13)9-5)4-2-8-14-3-4/h1-3,12H,(H,9,11,13). The van der Waals surface area contributed by atoms with Crippen molar-refractivity contribution in [3.63, 3.8) is 0 Å². The van der Waals surface area contributed by atoms with Crippen molar-refractivity contribution in [1.29, 1.82) is 0 Å². The number of aromatic nitrogens is 3. The summed E-state index contributed by atoms with van der Waals surface area (Å²) in [5, 5.41) is 10.9. The fourth-order valence-electron chi connectivity index (χ4n) is 1.04. The first-order valence-corrected chi connectivity index (χ1v) is 4.47. The first kappa shape index (κ1) is 8.70. The lowest BCUT2D eigenvalue weighted by Crippen LogP contribution is -2.27. The summed E-state index contributed by atoms with van der Waals surface area (Å²) in [7, 11) is 0. The summed E-state index contributed by atoms with van der Waals surface area (Å²) in [6, 6.07) is 0.930. The molecule has 0 unspecified atom stereocenters. The maximum absolute atomic E-state index is 11.3. The van der Waals surface area contributed by atoms with Crippen LogP contribution in [0.25, 0.3) is 5.69 Å². The van der Waals surface area contributed by atoms with Gasteiger partial charge in [0.1, 0.15) is 0 Å². The minimum atomic E-state index is -0.685. The fourth-order valence-corrected chi connectivity index (χ4v) is 1.55. The predicted octanol–water partition coefficient (Wildman–Crippen LogP) is -0.312. The Morgan fingerprint density at radius 2 is 2.29 bits per heavy atom. The van der Waals surface area contributed by atoms with Crippen molar-refractivity contribution < 1.29 is 5.11 Å². The van der Waals surface area contributed by atoms with E-state index in [1.807, 2.05) is 4.98 Å². The molecule has 2 heterocycles. The van der Waals surface area contributed by atoms with Crippen LogP contribution in [0.3, 0.4) is 0 Å². The van der Waals surface area contributed by atoms with Gasteiger partial charge >= 0.3 is 5.69 Å². The van der Waals surface area contributed by atoms with Gasteiger partial charge in [0, 0.05) is 5.38 Å². The van der Waals surface area contributed by atoms with Gasteiger partial charge in [0.2, 0.25) is 5.88 Å². The van der Waals surface area contributed by atoms with Crippen molar-refractivity contribution in [2.45, 2.75) is 0 Å². The molecule has 0 aliphatic carbocycles. The molecular formula is C7H5N3O3S. The molecule has 0 amide bonds. The second-order valence-corrected chi connectivity index (χ2v) is 3.17. The molecule has 0 aliphatic rings. The molecular weight excluding hydrogens is 206 g/mol. The van der Waals surface area contributed by atoms with Gasteiger partial charge < -0.3 is 5.11 Å². The van der Waals surface area contributed by atoms with Gasteiger partial charge in [0.25, 0.3) is 5.56 Å². The third kappa shape index (κ3) is 1.33. The van der Waals surface area contributed by atoms with Crippen LogP contribution in [-0.2, 0) is 0 Å². The van der Waals surface area contributed by atoms with E-state index < -0.39 is 17.1 Å². The molecule has 0 bridgehead atoms. The van der Waals surface area contributed by atoms with E-state index in [1.54, 1.807) is 5.38 Å². The molecule has 2 rings (SSSR count). The van der Waals surface area contributed by atoms with Crippen molar-refractivity contribution in [1.82, 2.24) is 13.9 Å². The summed E-state index contributed by atoms with van der Waals surface area (Å²) in [6.45, 7) is 0. The van der Waals surface area contributed by atoms with Crippen molar-refractivity contribution in [3.05, 3.63) is 38.5 Å². The van der Waals surface area contributed by atoms with E-state index in [2.05, 4.69) is 4.37 Å². The van der Waals surface area contributed by atoms with E-state index >= 15 is 0 Å². The minimum absolute atomic E-state index is 0.404. The molecule has 6 nitrogen and oxygen atoms in total. The Labute approximate surface area is 81.3 Å². The number of nitrogens with zero attached hydrogens (tertiary/aromatic N) is 2. The maximum Gasteiger partial charge on any atom is 0.335 e. The Kier molecular flexibility index (Phi) is 1.93. The average Bonchev–Trinajstić information content (AvgIpc) is 2.54. The van der Waals surface area contributed by atoms with Crippen LogP contribution in [0.4, 0.5) is 0 Å². The van der Waals surface area contributed by atoms with Gasteiger partial charge in [-0.25, -0.2) is 9.36 Å².